The van der Waals surface area contributed by atoms with Crippen LogP contribution in [-0.2, 0) is 21.2 Å². The van der Waals surface area contributed by atoms with Gasteiger partial charge in [-0.25, -0.2) is 8.42 Å². The maximum Gasteiger partial charge on any atom is 0.255 e. The lowest BCUT2D eigenvalue weighted by molar-refractivity contribution is -0.0406. The number of hydrogen-bond donors (Lipinski definition) is 0. The predicted molar refractivity (Wildman–Crippen MR) is 93.8 cm³/mol. The molecule has 0 radical (unpaired) electrons. The Morgan fingerprint density at radius 1 is 1.28 bits per heavy atom. The lowest BCUT2D eigenvalue weighted by Crippen LogP contribution is -2.53. The number of aryl methyl sites for hydroxylation is 1. The molecule has 138 valence electrons. The summed E-state index contributed by atoms with van der Waals surface area (Å²) in [5.74, 6) is -0.0558. The summed E-state index contributed by atoms with van der Waals surface area (Å²) in [5.41, 5.74) is 1.53. The number of hydrogen-bond acceptors (Lipinski definition) is 5. The van der Waals surface area contributed by atoms with E-state index in [0.29, 0.717) is 44.6 Å². The molecule has 0 aliphatic carbocycles. The van der Waals surface area contributed by atoms with Gasteiger partial charge in [0.15, 0.2) is 0 Å². The number of aromatic nitrogens is 1. The van der Waals surface area contributed by atoms with Crippen molar-refractivity contribution in [2.45, 2.75) is 38.3 Å². The summed E-state index contributed by atoms with van der Waals surface area (Å²) in [4.78, 5) is 18.8. The lowest BCUT2D eigenvalue weighted by atomic mass is 10.0. The molecule has 1 amide bonds. The third-order valence-electron chi connectivity index (χ3n) is 4.97. The van der Waals surface area contributed by atoms with Gasteiger partial charge >= 0.3 is 0 Å². The van der Waals surface area contributed by atoms with Gasteiger partial charge in [-0.3, -0.25) is 9.78 Å². The van der Waals surface area contributed by atoms with Crippen LogP contribution in [0, 0.1) is 0 Å². The van der Waals surface area contributed by atoms with Gasteiger partial charge in [-0.2, -0.15) is 4.31 Å². The van der Waals surface area contributed by atoms with Gasteiger partial charge in [-0.15, -0.1) is 0 Å². The van der Waals surface area contributed by atoms with Crippen molar-refractivity contribution in [1.29, 1.82) is 0 Å². The summed E-state index contributed by atoms with van der Waals surface area (Å²) in [7, 11) is -3.27. The lowest BCUT2D eigenvalue weighted by Gasteiger charge is -2.38. The van der Waals surface area contributed by atoms with E-state index in [2.05, 4.69) is 4.98 Å². The van der Waals surface area contributed by atoms with Crippen LogP contribution in [0.2, 0.25) is 0 Å². The minimum absolute atomic E-state index is 0.0558. The molecule has 0 saturated carbocycles. The first-order chi connectivity index (χ1) is 11.9. The predicted octanol–water partition coefficient (Wildman–Crippen LogP) is 0.909. The fourth-order valence-electron chi connectivity index (χ4n) is 3.60. The summed E-state index contributed by atoms with van der Waals surface area (Å²) in [6.45, 7) is 3.90. The zero-order chi connectivity index (χ0) is 18.0. The number of morpholine rings is 1. The molecule has 2 aliphatic heterocycles. The van der Waals surface area contributed by atoms with Crippen molar-refractivity contribution < 1.29 is 17.9 Å². The SMILES string of the molecule is CCc1ccc(C(=O)N2CC[C@@H]3[C@@H](CC2)OCCN3S(C)(=O)=O)cn1. The summed E-state index contributed by atoms with van der Waals surface area (Å²) in [6.07, 6.45) is 4.78. The number of nitrogens with zero attached hydrogens (tertiary/aromatic N) is 3. The Morgan fingerprint density at radius 3 is 2.68 bits per heavy atom. The Morgan fingerprint density at radius 2 is 2.04 bits per heavy atom. The molecule has 2 saturated heterocycles. The van der Waals surface area contributed by atoms with Crippen molar-refractivity contribution in [3.8, 4) is 0 Å². The van der Waals surface area contributed by atoms with Crippen LogP contribution in [0.25, 0.3) is 0 Å². The molecular weight excluding hydrogens is 342 g/mol. The second-order valence-corrected chi connectivity index (χ2v) is 8.55. The second kappa shape index (κ2) is 7.39. The molecule has 0 bridgehead atoms. The Hall–Kier alpha value is -1.51. The average Bonchev–Trinajstić information content (AvgIpc) is 2.83. The van der Waals surface area contributed by atoms with E-state index in [1.165, 1.54) is 10.6 Å². The van der Waals surface area contributed by atoms with Crippen molar-refractivity contribution in [1.82, 2.24) is 14.2 Å². The van der Waals surface area contributed by atoms with E-state index in [0.717, 1.165) is 12.1 Å². The molecule has 25 heavy (non-hydrogen) atoms. The quantitative estimate of drug-likeness (QED) is 0.793. The molecular formula is C17H25N3O4S. The van der Waals surface area contributed by atoms with Crippen LogP contribution in [-0.4, -0.2) is 73.2 Å². The van der Waals surface area contributed by atoms with E-state index >= 15 is 0 Å². The highest BCUT2D eigenvalue weighted by atomic mass is 32.2. The fourth-order valence-corrected chi connectivity index (χ4v) is 4.74. The number of amides is 1. The first-order valence-electron chi connectivity index (χ1n) is 8.72. The number of carbonyl (C=O) groups is 1. The van der Waals surface area contributed by atoms with E-state index < -0.39 is 10.0 Å². The number of sulfonamides is 1. The highest BCUT2D eigenvalue weighted by Crippen LogP contribution is 2.26. The topological polar surface area (TPSA) is 79.8 Å². The Bertz CT molecular complexity index is 720. The summed E-state index contributed by atoms with van der Waals surface area (Å²) < 4.78 is 31.4. The van der Waals surface area contributed by atoms with Crippen LogP contribution in [0.5, 0.6) is 0 Å². The molecule has 1 aromatic rings. The van der Waals surface area contributed by atoms with E-state index in [9.17, 15) is 13.2 Å². The first-order valence-corrected chi connectivity index (χ1v) is 10.6. The smallest absolute Gasteiger partial charge is 0.255 e. The number of ether oxygens (including phenoxy) is 1. The summed E-state index contributed by atoms with van der Waals surface area (Å²) in [5, 5.41) is 0. The molecule has 8 heteroatoms. The van der Waals surface area contributed by atoms with Crippen LogP contribution in [0.4, 0.5) is 0 Å². The normalized spacial score (nSPS) is 25.3. The molecule has 0 N–H and O–H groups in total. The van der Waals surface area contributed by atoms with Crippen LogP contribution >= 0.6 is 0 Å². The highest BCUT2D eigenvalue weighted by molar-refractivity contribution is 7.88. The maximum atomic E-state index is 12.7. The van der Waals surface area contributed by atoms with Gasteiger partial charge in [0.25, 0.3) is 5.91 Å². The molecule has 0 spiro atoms. The van der Waals surface area contributed by atoms with E-state index in [1.807, 2.05) is 19.1 Å². The Kier molecular flexibility index (Phi) is 5.41. The second-order valence-electron chi connectivity index (χ2n) is 6.61. The van der Waals surface area contributed by atoms with Crippen molar-refractivity contribution in [2.75, 3.05) is 32.5 Å². The number of fused-ring (bicyclic) bond motifs is 1. The third-order valence-corrected chi connectivity index (χ3v) is 6.27. The molecule has 3 heterocycles. The zero-order valence-corrected chi connectivity index (χ0v) is 15.5. The first kappa shape index (κ1) is 18.3. The van der Waals surface area contributed by atoms with Gasteiger partial charge in [0, 0.05) is 31.5 Å². The van der Waals surface area contributed by atoms with E-state index in [-0.39, 0.29) is 18.1 Å². The van der Waals surface area contributed by atoms with Gasteiger partial charge in [-0.1, -0.05) is 6.92 Å². The molecule has 2 aliphatic rings. The number of carbonyl (C=O) groups excluding carboxylic acids is 1. The summed E-state index contributed by atoms with van der Waals surface area (Å²) >= 11 is 0. The standard InChI is InChI=1S/C17H25N3O4S/c1-3-14-5-4-13(12-18-14)17(21)19-8-6-15-16(7-9-19)24-11-10-20(15)25(2,22)23/h4-5,12,15-16H,3,6-11H2,1-2H3/t15-,16-/m1/s1. The largest absolute Gasteiger partial charge is 0.375 e. The molecule has 0 aromatic carbocycles. The molecule has 0 unspecified atom stereocenters. The van der Waals surface area contributed by atoms with E-state index in [4.69, 9.17) is 4.74 Å². The molecule has 1 aromatic heterocycles. The minimum Gasteiger partial charge on any atom is -0.375 e. The number of rotatable bonds is 3. The van der Waals surface area contributed by atoms with Crippen molar-refractivity contribution in [3.63, 3.8) is 0 Å². The third kappa shape index (κ3) is 4.02. The molecule has 7 nitrogen and oxygen atoms in total. The van der Waals surface area contributed by atoms with Crippen molar-refractivity contribution in [3.05, 3.63) is 29.6 Å². The fraction of sp³-hybridized carbons (Fsp3) is 0.647. The molecule has 2 atom stereocenters. The highest BCUT2D eigenvalue weighted by Gasteiger charge is 2.39. The maximum absolute atomic E-state index is 12.7. The minimum atomic E-state index is -3.27. The van der Waals surface area contributed by atoms with E-state index in [1.54, 1.807) is 11.1 Å². The van der Waals surface area contributed by atoms with Crippen molar-refractivity contribution >= 4 is 15.9 Å². The van der Waals surface area contributed by atoms with Crippen molar-refractivity contribution in [2.24, 2.45) is 0 Å². The number of likely N-dealkylation sites (tertiary alicyclic amines) is 1. The van der Waals surface area contributed by atoms with Crippen LogP contribution in [0.3, 0.4) is 0 Å². The Labute approximate surface area is 149 Å². The zero-order valence-electron chi connectivity index (χ0n) is 14.7. The van der Waals surface area contributed by atoms with Gasteiger partial charge in [0.05, 0.1) is 30.6 Å². The Balaban J connectivity index is 1.73. The monoisotopic (exact) mass is 367 g/mol. The molecule has 2 fully saturated rings. The summed E-state index contributed by atoms with van der Waals surface area (Å²) in [6, 6.07) is 3.49. The number of pyridine rings is 1. The van der Waals surface area contributed by atoms with Crippen LogP contribution < -0.4 is 0 Å². The van der Waals surface area contributed by atoms with Gasteiger partial charge in [0.2, 0.25) is 10.0 Å². The van der Waals surface area contributed by atoms with Gasteiger partial charge in [-0.05, 0) is 31.4 Å². The molecule has 3 rings (SSSR count). The average molecular weight is 367 g/mol. The van der Waals surface area contributed by atoms with Crippen LogP contribution in [0.15, 0.2) is 18.3 Å². The van der Waals surface area contributed by atoms with Gasteiger partial charge in [0.1, 0.15) is 0 Å². The van der Waals surface area contributed by atoms with Crippen LogP contribution in [0.1, 0.15) is 35.8 Å². The van der Waals surface area contributed by atoms with Gasteiger partial charge < -0.3 is 9.64 Å².